The van der Waals surface area contributed by atoms with Crippen LogP contribution in [0.1, 0.15) is 12.1 Å². The van der Waals surface area contributed by atoms with Gasteiger partial charge in [0.15, 0.2) is 0 Å². The Kier molecular flexibility index (Phi) is 5.82. The van der Waals surface area contributed by atoms with Gasteiger partial charge in [-0.1, -0.05) is 16.7 Å². The van der Waals surface area contributed by atoms with Crippen molar-refractivity contribution in [3.05, 3.63) is 57.3 Å². The number of pyridine rings is 1. The molecule has 7 nitrogen and oxygen atoms in total. The minimum absolute atomic E-state index is 0.0355. The van der Waals surface area contributed by atoms with Gasteiger partial charge in [0.25, 0.3) is 0 Å². The maximum Gasteiger partial charge on any atom is 0.145 e. The molecule has 0 spiro atoms. The van der Waals surface area contributed by atoms with E-state index in [2.05, 4.69) is 19.9 Å². The Morgan fingerprint density at radius 1 is 1.41 bits per heavy atom. The Balaban J connectivity index is 2.05. The van der Waals surface area contributed by atoms with E-state index < -0.39 is 11.4 Å². The molecule has 27 heavy (non-hydrogen) atoms. The van der Waals surface area contributed by atoms with Crippen LogP contribution in [0.2, 0.25) is 5.02 Å². The first kappa shape index (κ1) is 19.4. The first-order chi connectivity index (χ1) is 13.0. The number of β-amino-alcohol motifs (C(OH)–C–C–N with tert-alkyl or cyclic N) is 1. The molecule has 3 rings (SSSR count). The van der Waals surface area contributed by atoms with Crippen molar-refractivity contribution in [2.45, 2.75) is 12.0 Å². The third-order valence-corrected chi connectivity index (χ3v) is 4.87. The zero-order valence-electron chi connectivity index (χ0n) is 14.8. The van der Waals surface area contributed by atoms with Crippen LogP contribution in [0.25, 0.3) is 21.7 Å². The van der Waals surface area contributed by atoms with Gasteiger partial charge in [-0.15, -0.1) is 0 Å². The molecule has 1 atom stereocenters. The van der Waals surface area contributed by atoms with E-state index in [1.165, 1.54) is 25.3 Å². The number of aromatic nitrogens is 1. The highest BCUT2D eigenvalue weighted by atomic mass is 35.5. The summed E-state index contributed by atoms with van der Waals surface area (Å²) in [5, 5.41) is 14.7. The monoisotopic (exact) mass is 391 g/mol. The van der Waals surface area contributed by atoms with Crippen molar-refractivity contribution in [2.24, 2.45) is 5.11 Å². The maximum absolute atomic E-state index is 13.5. The smallest absolute Gasteiger partial charge is 0.145 e. The van der Waals surface area contributed by atoms with E-state index in [1.54, 1.807) is 12.1 Å². The van der Waals surface area contributed by atoms with Crippen molar-refractivity contribution in [3.63, 3.8) is 0 Å². The average Bonchev–Trinajstić information content (AvgIpc) is 2.65. The number of azide groups is 1. The predicted octanol–water partition coefficient (Wildman–Crippen LogP) is 3.75. The molecule has 1 unspecified atom stereocenters. The fourth-order valence-electron chi connectivity index (χ4n) is 2.99. The first-order valence-corrected chi connectivity index (χ1v) is 8.81. The molecule has 1 saturated heterocycles. The minimum atomic E-state index is -1.45. The number of hydrogen-bond donors (Lipinski definition) is 1. The lowest BCUT2D eigenvalue weighted by atomic mass is 9.95. The van der Waals surface area contributed by atoms with Gasteiger partial charge >= 0.3 is 0 Å². The average molecular weight is 392 g/mol. The topological polar surface area (TPSA) is 94.3 Å². The van der Waals surface area contributed by atoms with Crippen LogP contribution in [0.15, 0.2) is 35.4 Å². The molecule has 0 bridgehead atoms. The largest absolute Gasteiger partial charge is 0.494 e. The van der Waals surface area contributed by atoms with Crippen LogP contribution in [-0.4, -0.2) is 48.3 Å². The van der Waals surface area contributed by atoms with E-state index in [9.17, 15) is 9.50 Å². The van der Waals surface area contributed by atoms with Crippen molar-refractivity contribution in [2.75, 3.05) is 33.3 Å². The zero-order chi connectivity index (χ0) is 19.4. The van der Waals surface area contributed by atoms with Gasteiger partial charge in [-0.05, 0) is 55.4 Å². The summed E-state index contributed by atoms with van der Waals surface area (Å²) in [6.45, 7) is 1.89. The number of rotatable bonds is 7. The SMILES string of the molecule is COc1ccc(C(O)(CN=[N+]=[N-])CN2CCC2)nc1-c1ccc(F)c(Cl)c1. The fourth-order valence-corrected chi connectivity index (χ4v) is 3.17. The number of methoxy groups -OCH3 is 1. The standard InChI is InChI=1S/C18H19ClFN5O2/c1-27-15-5-6-16(18(26,10-22-24-21)11-25-7-2-8-25)23-17(15)12-3-4-14(20)13(19)9-12/h3-6,9,26H,2,7-8,10-11H2,1H3. The molecule has 9 heteroatoms. The highest BCUT2D eigenvalue weighted by Gasteiger charge is 2.35. The number of ether oxygens (including phenoxy) is 1. The fraction of sp³-hybridized carbons (Fsp3) is 0.389. The molecule has 142 valence electrons. The molecule has 1 aliphatic rings. The van der Waals surface area contributed by atoms with Crippen molar-refractivity contribution in [1.82, 2.24) is 9.88 Å². The van der Waals surface area contributed by atoms with Gasteiger partial charge in [0, 0.05) is 17.0 Å². The summed E-state index contributed by atoms with van der Waals surface area (Å²) in [6.07, 6.45) is 1.06. The molecule has 1 aromatic carbocycles. The number of likely N-dealkylation sites (tertiary alicyclic amines) is 1. The number of benzene rings is 1. The lowest BCUT2D eigenvalue weighted by Crippen LogP contribution is -2.49. The lowest BCUT2D eigenvalue weighted by molar-refractivity contribution is -0.0137. The molecule has 1 fully saturated rings. The van der Waals surface area contributed by atoms with Crippen molar-refractivity contribution in [3.8, 4) is 17.0 Å². The van der Waals surface area contributed by atoms with Gasteiger partial charge in [-0.3, -0.25) is 4.90 Å². The molecule has 1 aromatic heterocycles. The van der Waals surface area contributed by atoms with Crippen LogP contribution in [0.3, 0.4) is 0 Å². The van der Waals surface area contributed by atoms with E-state index in [0.29, 0.717) is 29.2 Å². The van der Waals surface area contributed by atoms with Crippen LogP contribution in [0.5, 0.6) is 5.75 Å². The van der Waals surface area contributed by atoms with Gasteiger partial charge in [-0.25, -0.2) is 9.37 Å². The minimum Gasteiger partial charge on any atom is -0.494 e. The van der Waals surface area contributed by atoms with E-state index in [0.717, 1.165) is 19.5 Å². The Labute approximate surface area is 161 Å². The molecule has 2 heterocycles. The summed E-state index contributed by atoms with van der Waals surface area (Å²) in [5.41, 5.74) is 8.56. The number of nitrogens with zero attached hydrogens (tertiary/aromatic N) is 5. The van der Waals surface area contributed by atoms with Crippen LogP contribution in [0, 0.1) is 5.82 Å². The molecule has 2 aromatic rings. The van der Waals surface area contributed by atoms with Crippen LogP contribution < -0.4 is 4.74 Å². The Hall–Kier alpha value is -2.38. The van der Waals surface area contributed by atoms with Crippen molar-refractivity contribution in [1.29, 1.82) is 0 Å². The summed E-state index contributed by atoms with van der Waals surface area (Å²) in [4.78, 5) is 9.39. The molecule has 0 aliphatic carbocycles. The summed E-state index contributed by atoms with van der Waals surface area (Å²) in [7, 11) is 1.50. The molecule has 0 saturated carbocycles. The second-order valence-corrected chi connectivity index (χ2v) is 6.83. The summed E-state index contributed by atoms with van der Waals surface area (Å²) in [5.74, 6) is -0.0790. The molecule has 0 amide bonds. The van der Waals surface area contributed by atoms with Crippen LogP contribution in [-0.2, 0) is 5.60 Å². The molecule has 1 aliphatic heterocycles. The van der Waals surface area contributed by atoms with Crippen LogP contribution >= 0.6 is 11.6 Å². The van der Waals surface area contributed by atoms with Gasteiger partial charge in [0.2, 0.25) is 0 Å². The number of hydrogen-bond acceptors (Lipinski definition) is 5. The summed E-state index contributed by atoms with van der Waals surface area (Å²) >= 11 is 5.90. The summed E-state index contributed by atoms with van der Waals surface area (Å²) < 4.78 is 18.9. The van der Waals surface area contributed by atoms with E-state index in [4.69, 9.17) is 21.9 Å². The van der Waals surface area contributed by atoms with E-state index in [-0.39, 0.29) is 11.6 Å². The van der Waals surface area contributed by atoms with Gasteiger partial charge in [0.05, 0.1) is 24.4 Å². The lowest BCUT2D eigenvalue weighted by Gasteiger charge is -2.38. The van der Waals surface area contributed by atoms with Gasteiger partial charge < -0.3 is 9.84 Å². The molecule has 1 N–H and O–H groups in total. The Bertz CT molecular complexity index is 886. The Morgan fingerprint density at radius 3 is 2.78 bits per heavy atom. The summed E-state index contributed by atoms with van der Waals surface area (Å²) in [6, 6.07) is 7.55. The van der Waals surface area contributed by atoms with E-state index in [1.807, 2.05) is 0 Å². The number of aliphatic hydroxyl groups is 1. The highest BCUT2D eigenvalue weighted by Crippen LogP contribution is 2.34. The normalized spacial score (nSPS) is 16.1. The van der Waals surface area contributed by atoms with E-state index >= 15 is 0 Å². The molecular formula is C18H19ClFN5O2. The maximum atomic E-state index is 13.5. The predicted molar refractivity (Wildman–Crippen MR) is 100 cm³/mol. The Morgan fingerprint density at radius 2 is 2.19 bits per heavy atom. The molecule has 0 radical (unpaired) electrons. The van der Waals surface area contributed by atoms with Crippen molar-refractivity contribution < 1.29 is 14.2 Å². The zero-order valence-corrected chi connectivity index (χ0v) is 15.5. The second kappa shape index (κ2) is 8.10. The van der Waals surface area contributed by atoms with Crippen LogP contribution in [0.4, 0.5) is 4.39 Å². The van der Waals surface area contributed by atoms with Crippen molar-refractivity contribution >= 4 is 11.6 Å². The van der Waals surface area contributed by atoms with Gasteiger partial charge in [-0.2, -0.15) is 0 Å². The number of halogens is 2. The third kappa shape index (κ3) is 4.14. The molecular weight excluding hydrogens is 373 g/mol. The second-order valence-electron chi connectivity index (χ2n) is 6.43. The quantitative estimate of drug-likeness (QED) is 0.441. The highest BCUT2D eigenvalue weighted by molar-refractivity contribution is 6.31. The first-order valence-electron chi connectivity index (χ1n) is 8.43. The third-order valence-electron chi connectivity index (χ3n) is 4.58. The van der Waals surface area contributed by atoms with Gasteiger partial charge in [0.1, 0.15) is 22.9 Å².